The number of anilines is 1. The van der Waals surface area contributed by atoms with Gasteiger partial charge in [0.2, 0.25) is 0 Å². The van der Waals surface area contributed by atoms with Gasteiger partial charge in [0.05, 0.1) is 5.97 Å². The van der Waals surface area contributed by atoms with E-state index < -0.39 is 17.6 Å². The number of carboxylic acid groups (broad SMARTS) is 1. The quantitative estimate of drug-likeness (QED) is 0.924. The lowest BCUT2D eigenvalue weighted by Gasteiger charge is -2.09. The molecule has 2 aromatic rings. The van der Waals surface area contributed by atoms with Gasteiger partial charge in [-0.2, -0.15) is 0 Å². The van der Waals surface area contributed by atoms with Crippen LogP contribution in [-0.2, 0) is 0 Å². The van der Waals surface area contributed by atoms with Crippen LogP contribution in [0.25, 0.3) is 0 Å². The minimum Gasteiger partial charge on any atom is -0.543 e. The molecule has 0 aliphatic heterocycles. The molecule has 0 atom stereocenters. The van der Waals surface area contributed by atoms with Crippen molar-refractivity contribution < 1.29 is 14.7 Å². The first kappa shape index (κ1) is 14.2. The van der Waals surface area contributed by atoms with E-state index in [4.69, 9.17) is 23.2 Å². The Morgan fingerprint density at radius 1 is 1.00 bits per heavy atom. The van der Waals surface area contributed by atoms with E-state index in [2.05, 4.69) is 15.3 Å². The molecule has 1 aromatic carbocycles. The number of carboxylic acids is 1. The van der Waals surface area contributed by atoms with Crippen molar-refractivity contribution >= 4 is 40.8 Å². The van der Waals surface area contributed by atoms with Gasteiger partial charge in [0.25, 0.3) is 5.91 Å². The van der Waals surface area contributed by atoms with Crippen LogP contribution < -0.4 is 10.4 Å². The zero-order chi connectivity index (χ0) is 14.7. The highest BCUT2D eigenvalue weighted by Gasteiger charge is 2.15. The number of aromatic nitrogens is 2. The maximum absolute atomic E-state index is 12.0. The number of carbonyl (C=O) groups excluding carboxylic acids is 2. The molecular weight excluding hydrogens is 305 g/mol. The molecule has 0 aliphatic rings. The van der Waals surface area contributed by atoms with Gasteiger partial charge in [-0.15, -0.1) is 0 Å². The molecule has 1 N–H and O–H groups in total. The van der Waals surface area contributed by atoms with Crippen molar-refractivity contribution in [2.24, 2.45) is 0 Å². The molecule has 2 rings (SSSR count). The molecule has 1 aromatic heterocycles. The summed E-state index contributed by atoms with van der Waals surface area (Å²) < 4.78 is 0. The monoisotopic (exact) mass is 310 g/mol. The first-order chi connectivity index (χ1) is 9.47. The summed E-state index contributed by atoms with van der Waals surface area (Å²) in [6, 6.07) is 4.41. The Morgan fingerprint density at radius 2 is 1.55 bits per heavy atom. The van der Waals surface area contributed by atoms with Gasteiger partial charge >= 0.3 is 0 Å². The average molecular weight is 311 g/mol. The normalized spacial score (nSPS) is 10.1. The van der Waals surface area contributed by atoms with E-state index in [9.17, 15) is 14.7 Å². The van der Waals surface area contributed by atoms with Gasteiger partial charge in [0, 0.05) is 28.1 Å². The van der Waals surface area contributed by atoms with Gasteiger partial charge in [-0.1, -0.05) is 23.2 Å². The SMILES string of the molecule is O=C([O-])c1nccnc1C(=O)Nc1cc(Cl)cc(Cl)c1. The Balaban J connectivity index is 2.31. The highest BCUT2D eigenvalue weighted by atomic mass is 35.5. The van der Waals surface area contributed by atoms with Crippen LogP contribution in [0, 0.1) is 0 Å². The third-order valence-electron chi connectivity index (χ3n) is 2.23. The van der Waals surface area contributed by atoms with Crippen LogP contribution in [0.2, 0.25) is 10.0 Å². The smallest absolute Gasteiger partial charge is 0.276 e. The predicted octanol–water partition coefficient (Wildman–Crippen LogP) is 1.40. The minimum atomic E-state index is -1.59. The fraction of sp³-hybridized carbons (Fsp3) is 0. The van der Waals surface area contributed by atoms with Crippen LogP contribution in [0.5, 0.6) is 0 Å². The van der Waals surface area contributed by atoms with Crippen LogP contribution in [0.15, 0.2) is 30.6 Å². The average Bonchev–Trinajstić information content (AvgIpc) is 2.37. The number of nitrogens with one attached hydrogen (secondary N) is 1. The standard InChI is InChI=1S/C12H7Cl2N3O3/c13-6-3-7(14)5-8(4-6)17-11(18)9-10(12(19)20)16-2-1-15-9/h1-5H,(H,17,18)(H,19,20)/p-1. The molecule has 6 nitrogen and oxygen atoms in total. The topological polar surface area (TPSA) is 95.0 Å². The maximum Gasteiger partial charge on any atom is 0.276 e. The first-order valence-corrected chi connectivity index (χ1v) is 6.03. The van der Waals surface area contributed by atoms with Crippen molar-refractivity contribution in [3.8, 4) is 0 Å². The lowest BCUT2D eigenvalue weighted by Crippen LogP contribution is -2.28. The van der Waals surface area contributed by atoms with Gasteiger partial charge in [0.1, 0.15) is 5.69 Å². The Morgan fingerprint density at radius 3 is 2.10 bits per heavy atom. The maximum atomic E-state index is 12.0. The Labute approximate surface area is 123 Å². The van der Waals surface area contributed by atoms with E-state index >= 15 is 0 Å². The zero-order valence-corrected chi connectivity index (χ0v) is 11.3. The van der Waals surface area contributed by atoms with E-state index in [1.807, 2.05) is 0 Å². The summed E-state index contributed by atoms with van der Waals surface area (Å²) in [6.07, 6.45) is 2.35. The van der Waals surface area contributed by atoms with Crippen molar-refractivity contribution in [1.82, 2.24) is 9.97 Å². The Bertz CT molecular complexity index is 671. The second-order valence-corrected chi connectivity index (χ2v) is 4.53. The molecule has 1 heterocycles. The van der Waals surface area contributed by atoms with Crippen LogP contribution in [-0.4, -0.2) is 21.8 Å². The zero-order valence-electron chi connectivity index (χ0n) is 9.76. The fourth-order valence-corrected chi connectivity index (χ4v) is 2.00. The minimum absolute atomic E-state index is 0.308. The van der Waals surface area contributed by atoms with E-state index in [1.165, 1.54) is 24.4 Å². The van der Waals surface area contributed by atoms with Crippen molar-refractivity contribution in [1.29, 1.82) is 0 Å². The number of nitrogens with zero attached hydrogens (tertiary/aromatic N) is 2. The summed E-state index contributed by atoms with van der Waals surface area (Å²) >= 11 is 11.6. The van der Waals surface area contributed by atoms with Crippen LogP contribution in [0.3, 0.4) is 0 Å². The summed E-state index contributed by atoms with van der Waals surface area (Å²) in [6.45, 7) is 0. The number of benzene rings is 1. The molecule has 0 unspecified atom stereocenters. The molecule has 0 aliphatic carbocycles. The van der Waals surface area contributed by atoms with Gasteiger partial charge < -0.3 is 15.2 Å². The first-order valence-electron chi connectivity index (χ1n) is 5.27. The lowest BCUT2D eigenvalue weighted by molar-refractivity contribution is -0.255. The number of carbonyl (C=O) groups is 2. The number of amides is 1. The Hall–Kier alpha value is -2.18. The van der Waals surface area contributed by atoms with Crippen LogP contribution >= 0.6 is 23.2 Å². The molecule has 0 spiro atoms. The molecular formula is C12H6Cl2N3O3-. The van der Waals surface area contributed by atoms with Gasteiger partial charge in [-0.05, 0) is 18.2 Å². The van der Waals surface area contributed by atoms with E-state index in [0.717, 1.165) is 6.20 Å². The second kappa shape index (κ2) is 5.85. The molecule has 0 radical (unpaired) electrons. The third kappa shape index (κ3) is 3.23. The highest BCUT2D eigenvalue weighted by molar-refractivity contribution is 6.35. The molecule has 20 heavy (non-hydrogen) atoms. The summed E-state index contributed by atoms with van der Waals surface area (Å²) in [5, 5.41) is 13.9. The van der Waals surface area contributed by atoms with E-state index in [0.29, 0.717) is 15.7 Å². The number of hydrogen-bond donors (Lipinski definition) is 1. The number of rotatable bonds is 3. The molecule has 0 saturated heterocycles. The van der Waals surface area contributed by atoms with Crippen molar-refractivity contribution in [3.63, 3.8) is 0 Å². The van der Waals surface area contributed by atoms with Crippen LogP contribution in [0.4, 0.5) is 5.69 Å². The Kier molecular flexibility index (Phi) is 4.16. The van der Waals surface area contributed by atoms with Gasteiger partial charge in [-0.3, -0.25) is 9.78 Å². The fourth-order valence-electron chi connectivity index (χ4n) is 1.47. The molecule has 0 bridgehead atoms. The summed E-state index contributed by atoms with van der Waals surface area (Å²) in [5.74, 6) is -2.34. The molecule has 8 heteroatoms. The second-order valence-electron chi connectivity index (χ2n) is 3.65. The molecule has 102 valence electrons. The number of hydrogen-bond acceptors (Lipinski definition) is 5. The number of aromatic carboxylic acids is 1. The van der Waals surface area contributed by atoms with E-state index in [1.54, 1.807) is 0 Å². The van der Waals surface area contributed by atoms with E-state index in [-0.39, 0.29) is 5.69 Å². The predicted molar refractivity (Wildman–Crippen MR) is 70.8 cm³/mol. The summed E-state index contributed by atoms with van der Waals surface area (Å²) in [7, 11) is 0. The van der Waals surface area contributed by atoms with Crippen molar-refractivity contribution in [2.75, 3.05) is 5.32 Å². The third-order valence-corrected chi connectivity index (χ3v) is 2.66. The number of halogens is 2. The summed E-state index contributed by atoms with van der Waals surface area (Å²) in [5.41, 5.74) is -0.593. The van der Waals surface area contributed by atoms with Gasteiger partial charge in [0.15, 0.2) is 5.69 Å². The molecule has 0 saturated carbocycles. The molecule has 0 fully saturated rings. The summed E-state index contributed by atoms with van der Waals surface area (Å²) in [4.78, 5) is 30.0. The van der Waals surface area contributed by atoms with Gasteiger partial charge in [-0.25, -0.2) is 4.98 Å². The lowest BCUT2D eigenvalue weighted by atomic mass is 10.2. The van der Waals surface area contributed by atoms with Crippen LogP contribution in [0.1, 0.15) is 21.0 Å². The van der Waals surface area contributed by atoms with Crippen molar-refractivity contribution in [2.45, 2.75) is 0 Å². The van der Waals surface area contributed by atoms with Crippen molar-refractivity contribution in [3.05, 3.63) is 52.0 Å². The largest absolute Gasteiger partial charge is 0.543 e. The molecule has 1 amide bonds. The highest BCUT2D eigenvalue weighted by Crippen LogP contribution is 2.22.